The summed E-state index contributed by atoms with van der Waals surface area (Å²) in [5, 5.41) is 20.6. The summed E-state index contributed by atoms with van der Waals surface area (Å²) in [4.78, 5) is 15.5. The minimum Gasteiger partial charge on any atom is -0.368 e. The Labute approximate surface area is 177 Å². The van der Waals surface area contributed by atoms with Crippen LogP contribution in [0.1, 0.15) is 24.4 Å². The fourth-order valence-corrected chi connectivity index (χ4v) is 4.68. The lowest BCUT2D eigenvalue weighted by Gasteiger charge is -2.43. The van der Waals surface area contributed by atoms with Crippen LogP contribution in [0, 0.1) is 27.4 Å². The van der Waals surface area contributed by atoms with Crippen molar-refractivity contribution in [3.8, 4) is 6.07 Å². The van der Waals surface area contributed by atoms with Crippen LogP contribution in [0.2, 0.25) is 0 Å². The molecule has 0 amide bonds. The van der Waals surface area contributed by atoms with E-state index >= 15 is 0 Å². The van der Waals surface area contributed by atoms with Gasteiger partial charge >= 0.3 is 0 Å². The second-order valence-corrected chi connectivity index (χ2v) is 7.96. The number of allylic oxidation sites excluding steroid dienone is 4. The molecule has 0 radical (unpaired) electrons. The Balaban J connectivity index is 1.48. The zero-order valence-corrected chi connectivity index (χ0v) is 16.9. The molecule has 154 valence electrons. The first kappa shape index (κ1) is 20.1. The van der Waals surface area contributed by atoms with Crippen molar-refractivity contribution in [3.63, 3.8) is 0 Å². The van der Waals surface area contributed by atoms with Crippen molar-refractivity contribution in [2.24, 2.45) is 5.92 Å². The lowest BCUT2D eigenvalue weighted by atomic mass is 9.86. The molecule has 0 saturated carbocycles. The Hall–Kier alpha value is -3.17. The van der Waals surface area contributed by atoms with Crippen molar-refractivity contribution in [1.82, 2.24) is 9.80 Å². The maximum absolute atomic E-state index is 11.1. The van der Waals surface area contributed by atoms with Crippen molar-refractivity contribution >= 4 is 0 Å². The van der Waals surface area contributed by atoms with Gasteiger partial charge in [-0.1, -0.05) is 60.7 Å². The van der Waals surface area contributed by atoms with Gasteiger partial charge in [-0.2, -0.15) is 5.26 Å². The van der Waals surface area contributed by atoms with E-state index in [1.54, 1.807) is 0 Å². The summed E-state index contributed by atoms with van der Waals surface area (Å²) in [5.74, 6) is 0.438. The Morgan fingerprint density at radius 2 is 1.87 bits per heavy atom. The largest absolute Gasteiger partial charge is 0.368 e. The summed E-state index contributed by atoms with van der Waals surface area (Å²) in [6, 6.07) is 12.4. The molecule has 0 spiro atoms. The molecule has 6 heteroatoms. The summed E-state index contributed by atoms with van der Waals surface area (Å²) in [7, 11) is 0. The smallest absolute Gasteiger partial charge is 0.236 e. The molecule has 1 fully saturated rings. The quantitative estimate of drug-likeness (QED) is 0.552. The van der Waals surface area contributed by atoms with E-state index < -0.39 is 6.04 Å². The van der Waals surface area contributed by atoms with Crippen LogP contribution >= 0.6 is 0 Å². The molecule has 4 rings (SSSR count). The molecule has 2 aliphatic carbocycles. The highest BCUT2D eigenvalue weighted by Gasteiger charge is 2.32. The van der Waals surface area contributed by atoms with Gasteiger partial charge < -0.3 is 4.90 Å². The number of nitro groups is 1. The van der Waals surface area contributed by atoms with Crippen molar-refractivity contribution in [2.45, 2.75) is 24.9 Å². The van der Waals surface area contributed by atoms with Gasteiger partial charge in [0.1, 0.15) is 6.07 Å². The third-order valence-electron chi connectivity index (χ3n) is 6.19. The highest BCUT2D eigenvalue weighted by atomic mass is 16.6. The molecule has 0 bridgehead atoms. The van der Waals surface area contributed by atoms with Crippen LogP contribution < -0.4 is 0 Å². The van der Waals surface area contributed by atoms with E-state index in [1.807, 2.05) is 6.08 Å². The van der Waals surface area contributed by atoms with Crippen molar-refractivity contribution in [1.29, 1.82) is 5.26 Å². The lowest BCUT2D eigenvalue weighted by Crippen LogP contribution is -2.49. The fraction of sp³-hybridized carbons (Fsp3) is 0.375. The maximum Gasteiger partial charge on any atom is 0.236 e. The molecule has 1 aromatic rings. The number of nitriles is 1. The molecule has 3 aliphatic rings. The van der Waals surface area contributed by atoms with Crippen LogP contribution in [0.15, 0.2) is 78.1 Å². The van der Waals surface area contributed by atoms with Gasteiger partial charge in [0.25, 0.3) is 0 Å². The van der Waals surface area contributed by atoms with Gasteiger partial charge in [0.05, 0.1) is 11.3 Å². The Morgan fingerprint density at radius 3 is 2.50 bits per heavy atom. The predicted octanol–water partition coefficient (Wildman–Crippen LogP) is 3.86. The van der Waals surface area contributed by atoms with Crippen LogP contribution in [0.5, 0.6) is 0 Å². The van der Waals surface area contributed by atoms with E-state index in [-0.39, 0.29) is 4.92 Å². The molecule has 1 heterocycles. The van der Waals surface area contributed by atoms with Gasteiger partial charge in [-0.3, -0.25) is 15.0 Å². The third kappa shape index (κ3) is 4.22. The van der Waals surface area contributed by atoms with E-state index in [0.29, 0.717) is 24.0 Å². The Morgan fingerprint density at radius 1 is 1.10 bits per heavy atom. The molecule has 1 aliphatic heterocycles. The van der Waals surface area contributed by atoms with Gasteiger partial charge in [-0.05, 0) is 12.0 Å². The standard InChI is InChI=1S/C24H26N4O2/c25-18-21-17-22(28(29)30)11-12-23(21)26-13-15-27(16-14-26)24(19-7-3-1-4-8-19)20-9-5-2-6-10-20/h1-9,12,17,20,22,24H,10-11,13-16H2. The molecule has 30 heavy (non-hydrogen) atoms. The van der Waals surface area contributed by atoms with Crippen LogP contribution in [0.3, 0.4) is 0 Å². The molecule has 1 saturated heterocycles. The molecule has 3 unspecified atom stereocenters. The van der Waals surface area contributed by atoms with E-state index in [1.165, 1.54) is 11.6 Å². The summed E-state index contributed by atoms with van der Waals surface area (Å²) in [5.41, 5.74) is 2.61. The minimum atomic E-state index is -0.793. The molecule has 1 aromatic carbocycles. The number of nitrogens with zero attached hydrogens (tertiary/aromatic N) is 4. The monoisotopic (exact) mass is 402 g/mol. The van der Waals surface area contributed by atoms with E-state index in [4.69, 9.17) is 0 Å². The highest BCUT2D eigenvalue weighted by Crippen LogP contribution is 2.35. The van der Waals surface area contributed by atoms with E-state index in [2.05, 4.69) is 70.5 Å². The van der Waals surface area contributed by atoms with Crippen molar-refractivity contribution in [2.75, 3.05) is 26.2 Å². The predicted molar refractivity (Wildman–Crippen MR) is 116 cm³/mol. The first-order valence-electron chi connectivity index (χ1n) is 10.5. The number of rotatable bonds is 5. The molecule has 6 nitrogen and oxygen atoms in total. The van der Waals surface area contributed by atoms with E-state index in [9.17, 15) is 15.4 Å². The Kier molecular flexibility index (Phi) is 6.10. The summed E-state index contributed by atoms with van der Waals surface area (Å²) in [6.45, 7) is 3.40. The average molecular weight is 402 g/mol. The highest BCUT2D eigenvalue weighted by molar-refractivity contribution is 5.44. The maximum atomic E-state index is 11.1. The van der Waals surface area contributed by atoms with Crippen LogP contribution in [-0.4, -0.2) is 46.9 Å². The zero-order chi connectivity index (χ0) is 20.9. The molecular formula is C24H26N4O2. The number of piperazine rings is 1. The second-order valence-electron chi connectivity index (χ2n) is 7.96. The normalized spacial score (nSPS) is 25.2. The summed E-state index contributed by atoms with van der Waals surface area (Å²) in [6.07, 6.45) is 13.5. The fourth-order valence-electron chi connectivity index (χ4n) is 4.68. The summed E-state index contributed by atoms with van der Waals surface area (Å²) < 4.78 is 0. The number of benzene rings is 1. The Bertz CT molecular complexity index is 934. The van der Waals surface area contributed by atoms with Gasteiger partial charge in [0.15, 0.2) is 0 Å². The summed E-state index contributed by atoms with van der Waals surface area (Å²) >= 11 is 0. The second kappa shape index (κ2) is 9.10. The van der Waals surface area contributed by atoms with Gasteiger partial charge in [-0.15, -0.1) is 0 Å². The molecule has 0 aromatic heterocycles. The van der Waals surface area contributed by atoms with Gasteiger partial charge in [-0.25, -0.2) is 0 Å². The molecule has 3 atom stereocenters. The molecule has 0 N–H and O–H groups in total. The van der Waals surface area contributed by atoms with Crippen molar-refractivity contribution in [3.05, 3.63) is 93.7 Å². The lowest BCUT2D eigenvalue weighted by molar-refractivity contribution is -0.508. The zero-order valence-electron chi connectivity index (χ0n) is 16.9. The number of hydrogen-bond acceptors (Lipinski definition) is 5. The first-order chi connectivity index (χ1) is 14.7. The average Bonchev–Trinajstić information content (AvgIpc) is 2.81. The molecular weight excluding hydrogens is 376 g/mol. The van der Waals surface area contributed by atoms with Crippen LogP contribution in [0.4, 0.5) is 0 Å². The number of hydrogen-bond donors (Lipinski definition) is 0. The SMILES string of the molecule is N#CC1=CC([N+](=O)[O-])CC=C1N1CCN(C(c2ccccc2)C2C=CC=CC2)CC1. The minimum absolute atomic E-state index is 0.319. The van der Waals surface area contributed by atoms with Crippen LogP contribution in [-0.2, 0) is 0 Å². The van der Waals surface area contributed by atoms with Gasteiger partial charge in [0.2, 0.25) is 6.04 Å². The first-order valence-corrected chi connectivity index (χ1v) is 10.5. The van der Waals surface area contributed by atoms with Gasteiger partial charge in [0, 0.05) is 55.6 Å². The van der Waals surface area contributed by atoms with E-state index in [0.717, 1.165) is 38.3 Å². The third-order valence-corrected chi connectivity index (χ3v) is 6.19. The topological polar surface area (TPSA) is 73.4 Å². The van der Waals surface area contributed by atoms with Crippen molar-refractivity contribution < 1.29 is 4.92 Å². The van der Waals surface area contributed by atoms with Crippen LogP contribution in [0.25, 0.3) is 0 Å².